The van der Waals surface area contributed by atoms with E-state index in [0.29, 0.717) is 12.0 Å². The summed E-state index contributed by atoms with van der Waals surface area (Å²) in [6.07, 6.45) is 0. The number of rotatable bonds is 2. The SMILES string of the molecule is CC1CN(C(=O)c2ccc(C#CCO)s2)CC1N(C)C. The third kappa shape index (κ3) is 3.21. The lowest BCUT2D eigenvalue weighted by Gasteiger charge is -2.22. The zero-order chi connectivity index (χ0) is 14.7. The predicted octanol–water partition coefficient (Wildman–Crippen LogP) is 1.11. The second-order valence-corrected chi connectivity index (χ2v) is 6.43. The average Bonchev–Trinajstić information content (AvgIpc) is 3.02. The van der Waals surface area contributed by atoms with Crippen molar-refractivity contribution in [3.63, 3.8) is 0 Å². The maximum atomic E-state index is 12.5. The predicted molar refractivity (Wildman–Crippen MR) is 80.8 cm³/mol. The summed E-state index contributed by atoms with van der Waals surface area (Å²) in [4.78, 5) is 18.1. The molecule has 108 valence electrons. The molecule has 0 saturated carbocycles. The first-order valence-electron chi connectivity index (χ1n) is 6.68. The fourth-order valence-electron chi connectivity index (χ4n) is 2.59. The Morgan fingerprint density at radius 3 is 2.85 bits per heavy atom. The molecule has 2 rings (SSSR count). The summed E-state index contributed by atoms with van der Waals surface area (Å²) in [5.41, 5.74) is 0. The summed E-state index contributed by atoms with van der Waals surface area (Å²) in [7, 11) is 4.12. The smallest absolute Gasteiger partial charge is 0.264 e. The van der Waals surface area contributed by atoms with Crippen LogP contribution in [0, 0.1) is 17.8 Å². The Kier molecular flexibility index (Phi) is 4.81. The molecule has 1 aromatic heterocycles. The number of carbonyl (C=O) groups is 1. The Morgan fingerprint density at radius 1 is 1.50 bits per heavy atom. The number of amides is 1. The summed E-state index contributed by atoms with van der Waals surface area (Å²) in [6.45, 7) is 3.61. The van der Waals surface area contributed by atoms with Crippen LogP contribution in [0.2, 0.25) is 0 Å². The number of thiophene rings is 1. The molecule has 0 bridgehead atoms. The molecule has 4 nitrogen and oxygen atoms in total. The van der Waals surface area contributed by atoms with Gasteiger partial charge in [0, 0.05) is 19.1 Å². The number of carbonyl (C=O) groups excluding carboxylic acids is 1. The van der Waals surface area contributed by atoms with Crippen molar-refractivity contribution >= 4 is 17.2 Å². The summed E-state index contributed by atoms with van der Waals surface area (Å²) >= 11 is 1.39. The van der Waals surface area contributed by atoms with E-state index in [2.05, 4.69) is 37.8 Å². The molecule has 0 aliphatic carbocycles. The van der Waals surface area contributed by atoms with Gasteiger partial charge in [-0.2, -0.15) is 0 Å². The number of hydrogen-bond acceptors (Lipinski definition) is 4. The molecule has 20 heavy (non-hydrogen) atoms. The highest BCUT2D eigenvalue weighted by Crippen LogP contribution is 2.24. The van der Waals surface area contributed by atoms with E-state index in [9.17, 15) is 4.79 Å². The second kappa shape index (κ2) is 6.40. The van der Waals surface area contributed by atoms with Crippen LogP contribution in [-0.4, -0.2) is 60.6 Å². The molecule has 1 N–H and O–H groups in total. The lowest BCUT2D eigenvalue weighted by molar-refractivity contribution is 0.0786. The number of aliphatic hydroxyl groups excluding tert-OH is 1. The van der Waals surface area contributed by atoms with E-state index < -0.39 is 0 Å². The van der Waals surface area contributed by atoms with Gasteiger partial charge in [0.1, 0.15) is 6.61 Å². The van der Waals surface area contributed by atoms with Crippen molar-refractivity contribution in [1.29, 1.82) is 0 Å². The molecule has 0 radical (unpaired) electrons. The van der Waals surface area contributed by atoms with Gasteiger partial charge >= 0.3 is 0 Å². The topological polar surface area (TPSA) is 43.8 Å². The molecule has 1 aliphatic rings. The normalized spacial score (nSPS) is 21.9. The van der Waals surface area contributed by atoms with E-state index in [4.69, 9.17) is 5.11 Å². The Morgan fingerprint density at radius 2 is 2.25 bits per heavy atom. The third-order valence-corrected chi connectivity index (χ3v) is 4.62. The van der Waals surface area contributed by atoms with E-state index in [-0.39, 0.29) is 12.5 Å². The Balaban J connectivity index is 2.07. The Hall–Kier alpha value is -1.35. The number of likely N-dealkylation sites (tertiary alicyclic amines) is 1. The van der Waals surface area contributed by atoms with Crippen LogP contribution >= 0.6 is 11.3 Å². The molecule has 2 unspecified atom stereocenters. The highest BCUT2D eigenvalue weighted by Gasteiger charge is 2.34. The quantitative estimate of drug-likeness (QED) is 0.831. The Bertz CT molecular complexity index is 542. The minimum atomic E-state index is -0.157. The molecule has 2 atom stereocenters. The van der Waals surface area contributed by atoms with Gasteiger partial charge in [0.15, 0.2) is 0 Å². The monoisotopic (exact) mass is 292 g/mol. The number of nitrogens with zero attached hydrogens (tertiary/aromatic N) is 2. The molecule has 0 spiro atoms. The van der Waals surface area contributed by atoms with Gasteiger partial charge in [-0.1, -0.05) is 18.8 Å². The van der Waals surface area contributed by atoms with E-state index in [1.165, 1.54) is 11.3 Å². The summed E-state index contributed by atoms with van der Waals surface area (Å²) in [5, 5.41) is 8.68. The molecular weight excluding hydrogens is 272 g/mol. The van der Waals surface area contributed by atoms with Gasteiger partial charge in [0.2, 0.25) is 0 Å². The van der Waals surface area contributed by atoms with Crippen LogP contribution in [0.3, 0.4) is 0 Å². The highest BCUT2D eigenvalue weighted by molar-refractivity contribution is 7.14. The van der Waals surface area contributed by atoms with Crippen LogP contribution in [0.5, 0.6) is 0 Å². The molecule has 0 aromatic carbocycles. The van der Waals surface area contributed by atoms with Gasteiger partial charge in [0.25, 0.3) is 5.91 Å². The molecule has 1 fully saturated rings. The maximum absolute atomic E-state index is 12.5. The minimum absolute atomic E-state index is 0.0863. The summed E-state index contributed by atoms with van der Waals surface area (Å²) in [5.74, 6) is 6.01. The van der Waals surface area contributed by atoms with Crippen molar-refractivity contribution in [3.05, 3.63) is 21.9 Å². The van der Waals surface area contributed by atoms with Crippen LogP contribution in [-0.2, 0) is 0 Å². The van der Waals surface area contributed by atoms with Crippen molar-refractivity contribution in [2.45, 2.75) is 13.0 Å². The van der Waals surface area contributed by atoms with Crippen LogP contribution in [0.15, 0.2) is 12.1 Å². The van der Waals surface area contributed by atoms with Gasteiger partial charge in [-0.25, -0.2) is 0 Å². The number of likely N-dealkylation sites (N-methyl/N-ethyl adjacent to an activating group) is 1. The molecule has 5 heteroatoms. The first-order chi connectivity index (χ1) is 9.52. The van der Waals surface area contributed by atoms with E-state index in [1.54, 1.807) is 0 Å². The van der Waals surface area contributed by atoms with Crippen molar-refractivity contribution in [2.24, 2.45) is 5.92 Å². The number of hydrogen-bond donors (Lipinski definition) is 1. The molecule has 1 amide bonds. The van der Waals surface area contributed by atoms with Gasteiger partial charge in [-0.05, 0) is 32.1 Å². The largest absolute Gasteiger partial charge is 0.384 e. The third-order valence-electron chi connectivity index (χ3n) is 3.63. The van der Waals surface area contributed by atoms with Crippen molar-refractivity contribution in [2.75, 3.05) is 33.8 Å². The van der Waals surface area contributed by atoms with E-state index in [1.807, 2.05) is 17.0 Å². The fourth-order valence-corrected chi connectivity index (χ4v) is 3.44. The minimum Gasteiger partial charge on any atom is -0.384 e. The standard InChI is InChI=1S/C15H20N2O2S/c1-11-9-17(10-13(11)16(2)3)15(19)14-7-6-12(20-14)5-4-8-18/h6-7,11,13,18H,8-10H2,1-3H3. The first kappa shape index (κ1) is 15.0. The molecular formula is C15H20N2O2S. The van der Waals surface area contributed by atoms with Gasteiger partial charge in [0.05, 0.1) is 9.75 Å². The highest BCUT2D eigenvalue weighted by atomic mass is 32.1. The zero-order valence-corrected chi connectivity index (χ0v) is 12.9. The molecule has 1 saturated heterocycles. The van der Waals surface area contributed by atoms with E-state index >= 15 is 0 Å². The maximum Gasteiger partial charge on any atom is 0.264 e. The van der Waals surface area contributed by atoms with Gasteiger partial charge in [-0.15, -0.1) is 11.3 Å². The lowest BCUT2D eigenvalue weighted by atomic mass is 10.1. The molecule has 1 aromatic rings. The Labute approximate surface area is 124 Å². The van der Waals surface area contributed by atoms with Crippen LogP contribution < -0.4 is 0 Å². The van der Waals surface area contributed by atoms with Crippen LogP contribution in [0.4, 0.5) is 0 Å². The summed E-state index contributed by atoms with van der Waals surface area (Å²) in [6, 6.07) is 4.08. The molecule has 1 aliphatic heterocycles. The first-order valence-corrected chi connectivity index (χ1v) is 7.50. The molecule has 2 heterocycles. The van der Waals surface area contributed by atoms with E-state index in [0.717, 1.165) is 22.8 Å². The second-order valence-electron chi connectivity index (χ2n) is 5.34. The fraction of sp³-hybridized carbons (Fsp3) is 0.533. The number of aliphatic hydroxyl groups is 1. The van der Waals surface area contributed by atoms with Crippen LogP contribution in [0.25, 0.3) is 0 Å². The van der Waals surface area contributed by atoms with Crippen molar-refractivity contribution < 1.29 is 9.90 Å². The van der Waals surface area contributed by atoms with Crippen molar-refractivity contribution in [3.8, 4) is 11.8 Å². The van der Waals surface area contributed by atoms with Crippen molar-refractivity contribution in [1.82, 2.24) is 9.80 Å². The summed E-state index contributed by atoms with van der Waals surface area (Å²) < 4.78 is 0. The van der Waals surface area contributed by atoms with Gasteiger partial charge in [-0.3, -0.25) is 4.79 Å². The van der Waals surface area contributed by atoms with Crippen LogP contribution in [0.1, 0.15) is 21.5 Å². The lowest BCUT2D eigenvalue weighted by Crippen LogP contribution is -2.35. The zero-order valence-electron chi connectivity index (χ0n) is 12.1. The average molecular weight is 292 g/mol. The van der Waals surface area contributed by atoms with Gasteiger partial charge < -0.3 is 14.9 Å².